The second kappa shape index (κ2) is 10.9. The van der Waals surface area contributed by atoms with E-state index < -0.39 is 13.9 Å². The van der Waals surface area contributed by atoms with Crippen molar-refractivity contribution in [1.29, 1.82) is 0 Å². The van der Waals surface area contributed by atoms with Crippen molar-refractivity contribution in [3.63, 3.8) is 0 Å². The molecule has 23 heavy (non-hydrogen) atoms. The van der Waals surface area contributed by atoms with E-state index in [0.29, 0.717) is 5.92 Å². The molecule has 0 bridgehead atoms. The minimum atomic E-state index is -1.74. The van der Waals surface area contributed by atoms with Crippen molar-refractivity contribution >= 4 is 8.32 Å². The third kappa shape index (κ3) is 6.69. The molecule has 0 amide bonds. The van der Waals surface area contributed by atoms with Gasteiger partial charge in [0.25, 0.3) is 0 Å². The van der Waals surface area contributed by atoms with Gasteiger partial charge in [-0.25, -0.2) is 0 Å². The van der Waals surface area contributed by atoms with E-state index in [2.05, 4.69) is 60.1 Å². The number of hydrogen-bond donors (Lipinski definition) is 0. The third-order valence-corrected chi connectivity index (χ3v) is 9.91. The summed E-state index contributed by atoms with van der Waals surface area (Å²) in [4.78, 5) is 0. The highest BCUT2D eigenvalue weighted by molar-refractivity contribution is 6.73. The first-order valence-electron chi connectivity index (χ1n) is 9.27. The molecule has 2 unspecified atom stereocenters. The van der Waals surface area contributed by atoms with Gasteiger partial charge in [-0.05, 0) is 63.6 Å². The maximum atomic E-state index is 6.88. The lowest BCUT2D eigenvalue weighted by Gasteiger charge is -2.43. The second-order valence-corrected chi connectivity index (χ2v) is 11.7. The molecule has 0 aromatic rings. The monoisotopic (exact) mass is 334 g/mol. The van der Waals surface area contributed by atoms with Gasteiger partial charge in [0, 0.05) is 0 Å². The highest BCUT2D eigenvalue weighted by Gasteiger charge is 2.42. The summed E-state index contributed by atoms with van der Waals surface area (Å²) in [7, 11) is -1.74. The van der Waals surface area contributed by atoms with Crippen LogP contribution in [0.3, 0.4) is 0 Å². The van der Waals surface area contributed by atoms with E-state index >= 15 is 0 Å². The quantitative estimate of drug-likeness (QED) is 0.218. The van der Waals surface area contributed by atoms with Crippen LogP contribution >= 0.6 is 0 Å². The molecule has 0 aromatic heterocycles. The molecule has 1 nitrogen and oxygen atoms in total. The molecule has 0 radical (unpaired) electrons. The van der Waals surface area contributed by atoms with Crippen LogP contribution in [0.15, 0.2) is 24.3 Å². The molecule has 0 heterocycles. The van der Waals surface area contributed by atoms with Crippen LogP contribution in [0.25, 0.3) is 0 Å². The second-order valence-electron chi connectivity index (χ2n) is 6.97. The zero-order chi connectivity index (χ0) is 17.9. The summed E-state index contributed by atoms with van der Waals surface area (Å²) in [5, 5.41) is 0. The van der Waals surface area contributed by atoms with Crippen LogP contribution in [0.1, 0.15) is 67.2 Å². The molecule has 0 N–H and O–H groups in total. The fourth-order valence-corrected chi connectivity index (χ4v) is 6.23. The van der Waals surface area contributed by atoms with Gasteiger partial charge in [0.15, 0.2) is 8.32 Å². The number of allylic oxidation sites excluding steroid dienone is 3. The molecule has 0 aliphatic carbocycles. The maximum Gasteiger partial charge on any atom is 0.194 e. The van der Waals surface area contributed by atoms with Gasteiger partial charge >= 0.3 is 0 Å². The van der Waals surface area contributed by atoms with Crippen molar-refractivity contribution in [3.8, 4) is 12.3 Å². The molecule has 0 saturated carbocycles. The lowest BCUT2D eigenvalue weighted by atomic mass is 9.82. The SMILES string of the molecule is C#CC(CCC=C)(O[Si](CC)(CC)CC)C(C)CCC=C(C)C. The molecule has 0 fully saturated rings. The summed E-state index contributed by atoms with van der Waals surface area (Å²) in [6, 6.07) is 3.41. The van der Waals surface area contributed by atoms with Crippen LogP contribution in [0.5, 0.6) is 0 Å². The van der Waals surface area contributed by atoms with Crippen LogP contribution < -0.4 is 0 Å². The number of terminal acetylenes is 1. The molecule has 0 aliphatic heterocycles. The van der Waals surface area contributed by atoms with Crippen LogP contribution in [-0.4, -0.2) is 13.9 Å². The molecular weight excluding hydrogens is 296 g/mol. The average molecular weight is 335 g/mol. The largest absolute Gasteiger partial charge is 0.400 e. The van der Waals surface area contributed by atoms with E-state index in [9.17, 15) is 0 Å². The maximum absolute atomic E-state index is 6.88. The Morgan fingerprint density at radius 2 is 1.78 bits per heavy atom. The predicted octanol–water partition coefficient (Wildman–Crippen LogP) is 6.73. The van der Waals surface area contributed by atoms with Gasteiger partial charge in [-0.1, -0.05) is 51.3 Å². The van der Waals surface area contributed by atoms with Crippen molar-refractivity contribution < 1.29 is 4.43 Å². The molecule has 0 spiro atoms. The number of rotatable bonds is 12. The first-order valence-corrected chi connectivity index (χ1v) is 11.8. The zero-order valence-corrected chi connectivity index (χ0v) is 17.4. The fourth-order valence-electron chi connectivity index (χ4n) is 3.17. The molecule has 0 aliphatic rings. The van der Waals surface area contributed by atoms with Gasteiger partial charge in [0.2, 0.25) is 0 Å². The average Bonchev–Trinajstić information content (AvgIpc) is 2.55. The van der Waals surface area contributed by atoms with Crippen LogP contribution in [0, 0.1) is 18.3 Å². The predicted molar refractivity (Wildman–Crippen MR) is 107 cm³/mol. The Morgan fingerprint density at radius 1 is 1.22 bits per heavy atom. The Morgan fingerprint density at radius 3 is 2.17 bits per heavy atom. The minimum absolute atomic E-state index is 0.361. The Bertz CT molecular complexity index is 402. The Balaban J connectivity index is 5.40. The van der Waals surface area contributed by atoms with E-state index in [4.69, 9.17) is 10.8 Å². The zero-order valence-electron chi connectivity index (χ0n) is 16.4. The topological polar surface area (TPSA) is 9.23 Å². The highest BCUT2D eigenvalue weighted by Crippen LogP contribution is 2.37. The van der Waals surface area contributed by atoms with Crippen molar-refractivity contribution in [2.24, 2.45) is 5.92 Å². The van der Waals surface area contributed by atoms with E-state index in [1.807, 2.05) is 6.08 Å². The Hall–Kier alpha value is -0.783. The molecule has 0 aromatic carbocycles. The lowest BCUT2D eigenvalue weighted by molar-refractivity contribution is 0.0489. The molecule has 132 valence electrons. The van der Waals surface area contributed by atoms with Crippen molar-refractivity contribution in [1.82, 2.24) is 0 Å². The van der Waals surface area contributed by atoms with Crippen LogP contribution in [0.4, 0.5) is 0 Å². The van der Waals surface area contributed by atoms with Gasteiger partial charge in [0.05, 0.1) is 0 Å². The third-order valence-electron chi connectivity index (χ3n) is 5.24. The standard InChI is InChI=1S/C21H38OSi/c1-9-14-18-21(10-2,20(8)17-15-16-19(6)7)22-23(11-3,12-4)13-5/h2,9,16,20H,1,11-15,17-18H2,3-8H3. The molecular formula is C21H38OSi. The molecule has 2 atom stereocenters. The Kier molecular flexibility index (Phi) is 10.5. The first-order chi connectivity index (χ1) is 10.8. The van der Waals surface area contributed by atoms with Gasteiger partial charge in [-0.2, -0.15) is 0 Å². The van der Waals surface area contributed by atoms with Crippen LogP contribution in [0.2, 0.25) is 18.1 Å². The van der Waals surface area contributed by atoms with E-state index in [1.165, 1.54) is 5.57 Å². The number of hydrogen-bond acceptors (Lipinski definition) is 1. The van der Waals surface area contributed by atoms with Gasteiger partial charge in [-0.3, -0.25) is 0 Å². The molecule has 0 saturated heterocycles. The van der Waals surface area contributed by atoms with Crippen LogP contribution in [-0.2, 0) is 4.43 Å². The van der Waals surface area contributed by atoms with Gasteiger partial charge < -0.3 is 4.43 Å². The molecule has 2 heteroatoms. The summed E-state index contributed by atoms with van der Waals surface area (Å²) >= 11 is 0. The van der Waals surface area contributed by atoms with Crippen molar-refractivity contribution in [3.05, 3.63) is 24.3 Å². The smallest absolute Gasteiger partial charge is 0.194 e. The summed E-state index contributed by atoms with van der Waals surface area (Å²) < 4.78 is 6.88. The fraction of sp³-hybridized carbons (Fsp3) is 0.714. The van der Waals surface area contributed by atoms with Gasteiger partial charge in [-0.15, -0.1) is 13.0 Å². The summed E-state index contributed by atoms with van der Waals surface area (Å²) in [6.45, 7) is 17.2. The van der Waals surface area contributed by atoms with Gasteiger partial charge in [0.1, 0.15) is 5.60 Å². The summed E-state index contributed by atoms with van der Waals surface area (Å²) in [5.74, 6) is 3.45. The van der Waals surface area contributed by atoms with E-state index in [1.54, 1.807) is 0 Å². The first kappa shape index (κ1) is 22.2. The summed E-state index contributed by atoms with van der Waals surface area (Å²) in [6.07, 6.45) is 14.3. The van der Waals surface area contributed by atoms with E-state index in [0.717, 1.165) is 43.8 Å². The van der Waals surface area contributed by atoms with E-state index in [-0.39, 0.29) is 0 Å². The normalized spacial score (nSPS) is 15.3. The molecule has 0 rings (SSSR count). The Labute approximate surface area is 146 Å². The summed E-state index contributed by atoms with van der Waals surface area (Å²) in [5.41, 5.74) is 0.938. The lowest BCUT2D eigenvalue weighted by Crippen LogP contribution is -2.50. The highest BCUT2D eigenvalue weighted by atomic mass is 28.4. The minimum Gasteiger partial charge on any atom is -0.400 e. The van der Waals surface area contributed by atoms with Crippen molar-refractivity contribution in [2.45, 2.75) is 91.0 Å². The van der Waals surface area contributed by atoms with Crippen molar-refractivity contribution in [2.75, 3.05) is 0 Å².